The van der Waals surface area contributed by atoms with Crippen LogP contribution in [0.5, 0.6) is 0 Å². The third-order valence-electron chi connectivity index (χ3n) is 3.86. The SMILES string of the molecule is CCOC(=O)Cc1nc(-c2ccccc2)c(-c2ccc(S(C)(=O)=O)cc2)o1. The molecule has 3 rings (SSSR count). The normalized spacial score (nSPS) is 11.3. The molecule has 1 aromatic heterocycles. The Morgan fingerprint density at radius 3 is 2.30 bits per heavy atom. The van der Waals surface area contributed by atoms with Crippen molar-refractivity contribution in [2.45, 2.75) is 18.2 Å². The van der Waals surface area contributed by atoms with Crippen molar-refractivity contribution in [3.05, 3.63) is 60.5 Å². The molecule has 0 aliphatic heterocycles. The van der Waals surface area contributed by atoms with Gasteiger partial charge in [-0.1, -0.05) is 30.3 Å². The maximum Gasteiger partial charge on any atom is 0.315 e. The monoisotopic (exact) mass is 385 g/mol. The summed E-state index contributed by atoms with van der Waals surface area (Å²) in [5, 5.41) is 0. The fraction of sp³-hybridized carbons (Fsp3) is 0.200. The van der Waals surface area contributed by atoms with Crippen LogP contribution in [0.4, 0.5) is 0 Å². The van der Waals surface area contributed by atoms with Gasteiger partial charge in [-0.05, 0) is 31.2 Å². The molecular formula is C20H19NO5S. The molecule has 0 spiro atoms. The van der Waals surface area contributed by atoms with Gasteiger partial charge < -0.3 is 9.15 Å². The molecule has 0 radical (unpaired) electrons. The van der Waals surface area contributed by atoms with E-state index < -0.39 is 15.8 Å². The lowest BCUT2D eigenvalue weighted by Crippen LogP contribution is -2.07. The predicted molar refractivity (Wildman–Crippen MR) is 101 cm³/mol. The zero-order valence-corrected chi connectivity index (χ0v) is 15.8. The second-order valence-corrected chi connectivity index (χ2v) is 7.95. The van der Waals surface area contributed by atoms with E-state index in [1.54, 1.807) is 19.1 Å². The summed E-state index contributed by atoms with van der Waals surface area (Å²) in [7, 11) is -3.29. The minimum absolute atomic E-state index is 0.0743. The van der Waals surface area contributed by atoms with Crippen LogP contribution in [0.25, 0.3) is 22.6 Å². The van der Waals surface area contributed by atoms with Gasteiger partial charge in [-0.15, -0.1) is 0 Å². The third kappa shape index (κ3) is 4.43. The first-order valence-corrected chi connectivity index (χ1v) is 10.3. The molecule has 7 heteroatoms. The molecule has 0 aliphatic rings. The summed E-state index contributed by atoms with van der Waals surface area (Å²) in [6, 6.07) is 15.8. The summed E-state index contributed by atoms with van der Waals surface area (Å²) in [6.45, 7) is 2.02. The van der Waals surface area contributed by atoms with Crippen molar-refractivity contribution in [2.75, 3.05) is 12.9 Å². The third-order valence-corrected chi connectivity index (χ3v) is 4.99. The Balaban J connectivity index is 2.04. The van der Waals surface area contributed by atoms with Gasteiger partial charge in [0.1, 0.15) is 12.1 Å². The number of sulfone groups is 1. The van der Waals surface area contributed by atoms with Crippen LogP contribution in [-0.4, -0.2) is 32.2 Å². The molecule has 0 saturated carbocycles. The van der Waals surface area contributed by atoms with Crippen molar-refractivity contribution in [1.29, 1.82) is 0 Å². The average Bonchev–Trinajstić information content (AvgIpc) is 3.06. The Labute approximate surface area is 157 Å². The Bertz CT molecular complexity index is 1040. The summed E-state index contributed by atoms with van der Waals surface area (Å²) in [4.78, 5) is 16.5. The summed E-state index contributed by atoms with van der Waals surface area (Å²) >= 11 is 0. The van der Waals surface area contributed by atoms with E-state index in [-0.39, 0.29) is 23.8 Å². The van der Waals surface area contributed by atoms with Crippen molar-refractivity contribution < 1.29 is 22.4 Å². The van der Waals surface area contributed by atoms with Gasteiger partial charge in [0.25, 0.3) is 0 Å². The maximum absolute atomic E-state index is 11.8. The number of hydrogen-bond acceptors (Lipinski definition) is 6. The average molecular weight is 385 g/mol. The van der Waals surface area contributed by atoms with Crippen LogP contribution < -0.4 is 0 Å². The molecule has 140 valence electrons. The van der Waals surface area contributed by atoms with Crippen LogP contribution in [0.15, 0.2) is 63.9 Å². The number of nitrogens with zero attached hydrogens (tertiary/aromatic N) is 1. The van der Waals surface area contributed by atoms with Gasteiger partial charge in [0.15, 0.2) is 15.6 Å². The molecule has 27 heavy (non-hydrogen) atoms. The Kier molecular flexibility index (Phi) is 5.41. The number of carbonyl (C=O) groups excluding carboxylic acids is 1. The molecule has 0 N–H and O–H groups in total. The molecular weight excluding hydrogens is 366 g/mol. The number of rotatable bonds is 6. The van der Waals surface area contributed by atoms with Gasteiger partial charge in [0.05, 0.1) is 11.5 Å². The quantitative estimate of drug-likeness (QED) is 0.604. The van der Waals surface area contributed by atoms with Crippen LogP contribution in [-0.2, 0) is 25.8 Å². The standard InChI is InChI=1S/C20H19NO5S/c1-3-25-18(22)13-17-21-19(14-7-5-4-6-8-14)20(26-17)15-9-11-16(12-10-15)27(2,23)24/h4-12H,3,13H2,1-2H3. The van der Waals surface area contributed by atoms with E-state index in [0.717, 1.165) is 11.8 Å². The van der Waals surface area contributed by atoms with Crippen LogP contribution in [0.3, 0.4) is 0 Å². The van der Waals surface area contributed by atoms with Crippen molar-refractivity contribution in [2.24, 2.45) is 0 Å². The summed E-state index contributed by atoms with van der Waals surface area (Å²) in [6.07, 6.45) is 1.08. The van der Waals surface area contributed by atoms with Gasteiger partial charge >= 0.3 is 5.97 Å². The van der Waals surface area contributed by atoms with E-state index in [4.69, 9.17) is 9.15 Å². The second-order valence-electron chi connectivity index (χ2n) is 5.93. The fourth-order valence-corrected chi connectivity index (χ4v) is 3.25. The largest absolute Gasteiger partial charge is 0.466 e. The first kappa shape index (κ1) is 18.8. The summed E-state index contributed by atoms with van der Waals surface area (Å²) in [5.74, 6) is 0.298. The molecule has 0 bridgehead atoms. The van der Waals surface area contributed by atoms with Crippen molar-refractivity contribution in [3.63, 3.8) is 0 Å². The molecule has 0 atom stereocenters. The van der Waals surface area contributed by atoms with Gasteiger partial charge in [-0.2, -0.15) is 0 Å². The Morgan fingerprint density at radius 2 is 1.70 bits per heavy atom. The second kappa shape index (κ2) is 7.75. The van der Waals surface area contributed by atoms with E-state index in [1.165, 1.54) is 12.1 Å². The molecule has 6 nitrogen and oxygen atoms in total. The Hall–Kier alpha value is -2.93. The minimum Gasteiger partial charge on any atom is -0.466 e. The van der Waals surface area contributed by atoms with Crippen LogP contribution in [0, 0.1) is 0 Å². The minimum atomic E-state index is -3.29. The highest BCUT2D eigenvalue weighted by atomic mass is 32.2. The number of carbonyl (C=O) groups is 1. The maximum atomic E-state index is 11.8. The number of ether oxygens (including phenoxy) is 1. The van der Waals surface area contributed by atoms with E-state index in [0.29, 0.717) is 17.0 Å². The number of aromatic nitrogens is 1. The molecule has 1 heterocycles. The first-order chi connectivity index (χ1) is 12.9. The lowest BCUT2D eigenvalue weighted by atomic mass is 10.1. The fourth-order valence-electron chi connectivity index (χ4n) is 2.62. The highest BCUT2D eigenvalue weighted by Crippen LogP contribution is 2.33. The van der Waals surface area contributed by atoms with Gasteiger partial charge in [0, 0.05) is 17.4 Å². The Morgan fingerprint density at radius 1 is 1.04 bits per heavy atom. The molecule has 3 aromatic rings. The predicted octanol–water partition coefficient (Wildman–Crippen LogP) is 3.52. The first-order valence-electron chi connectivity index (χ1n) is 8.39. The zero-order valence-electron chi connectivity index (χ0n) is 15.0. The number of esters is 1. The van der Waals surface area contributed by atoms with Crippen molar-refractivity contribution >= 4 is 15.8 Å². The van der Waals surface area contributed by atoms with E-state index in [1.807, 2.05) is 30.3 Å². The van der Waals surface area contributed by atoms with Gasteiger partial charge in [-0.3, -0.25) is 4.79 Å². The van der Waals surface area contributed by atoms with Crippen molar-refractivity contribution in [3.8, 4) is 22.6 Å². The highest BCUT2D eigenvalue weighted by Gasteiger charge is 2.19. The molecule has 0 amide bonds. The van der Waals surface area contributed by atoms with Crippen LogP contribution >= 0.6 is 0 Å². The summed E-state index contributed by atoms with van der Waals surface area (Å²) in [5.41, 5.74) is 2.09. The van der Waals surface area contributed by atoms with E-state index in [9.17, 15) is 13.2 Å². The smallest absolute Gasteiger partial charge is 0.315 e. The molecule has 0 fully saturated rings. The van der Waals surface area contributed by atoms with Crippen LogP contribution in [0.2, 0.25) is 0 Å². The van der Waals surface area contributed by atoms with Gasteiger partial charge in [-0.25, -0.2) is 13.4 Å². The number of benzene rings is 2. The lowest BCUT2D eigenvalue weighted by Gasteiger charge is -2.03. The molecule has 2 aromatic carbocycles. The molecule has 0 aliphatic carbocycles. The van der Waals surface area contributed by atoms with E-state index >= 15 is 0 Å². The van der Waals surface area contributed by atoms with E-state index in [2.05, 4.69) is 4.98 Å². The zero-order chi connectivity index (χ0) is 19.4. The number of hydrogen-bond donors (Lipinski definition) is 0. The molecule has 0 unspecified atom stereocenters. The highest BCUT2D eigenvalue weighted by molar-refractivity contribution is 7.90. The summed E-state index contributed by atoms with van der Waals surface area (Å²) < 4.78 is 34.1. The van der Waals surface area contributed by atoms with Gasteiger partial charge in [0.2, 0.25) is 5.89 Å². The van der Waals surface area contributed by atoms with Crippen molar-refractivity contribution in [1.82, 2.24) is 4.98 Å². The lowest BCUT2D eigenvalue weighted by molar-refractivity contribution is -0.142. The topological polar surface area (TPSA) is 86.5 Å². The van der Waals surface area contributed by atoms with Crippen LogP contribution in [0.1, 0.15) is 12.8 Å². The molecule has 0 saturated heterocycles. The number of oxazole rings is 1.